The molecule has 0 N–H and O–H groups in total. The molecule has 10 nitrogen and oxygen atoms in total. The van der Waals surface area contributed by atoms with Gasteiger partial charge in [0.2, 0.25) is 0 Å². The summed E-state index contributed by atoms with van der Waals surface area (Å²) in [5.41, 5.74) is 1.96. The van der Waals surface area contributed by atoms with E-state index in [-0.39, 0.29) is 5.91 Å². The van der Waals surface area contributed by atoms with Gasteiger partial charge < -0.3 is 9.80 Å². The number of piperazine rings is 1. The zero-order chi connectivity index (χ0) is 19.8. The minimum Gasteiger partial charge on any atom is -0.352 e. The minimum atomic E-state index is -0.110. The number of nitrogens with zero attached hydrogens (tertiary/aromatic N) is 9. The van der Waals surface area contributed by atoms with Crippen molar-refractivity contribution in [1.82, 2.24) is 39.6 Å². The smallest absolute Gasteiger partial charge is 0.276 e. The Morgan fingerprint density at radius 1 is 0.966 bits per heavy atom. The molecule has 0 saturated carbocycles. The number of rotatable bonds is 3. The number of benzene rings is 1. The summed E-state index contributed by atoms with van der Waals surface area (Å²) in [6.45, 7) is 2.53. The van der Waals surface area contributed by atoms with Crippen molar-refractivity contribution in [3.63, 3.8) is 0 Å². The van der Waals surface area contributed by atoms with E-state index in [0.717, 1.165) is 22.5 Å². The van der Waals surface area contributed by atoms with Gasteiger partial charge in [0.25, 0.3) is 5.91 Å². The minimum absolute atomic E-state index is 0.110. The number of aromatic nitrogens is 7. The Bertz CT molecular complexity index is 1160. The summed E-state index contributed by atoms with van der Waals surface area (Å²) >= 11 is 0. The van der Waals surface area contributed by atoms with E-state index in [4.69, 9.17) is 0 Å². The molecule has 0 bridgehead atoms. The van der Waals surface area contributed by atoms with Crippen molar-refractivity contribution in [2.45, 2.75) is 0 Å². The van der Waals surface area contributed by atoms with Crippen molar-refractivity contribution in [2.75, 3.05) is 31.1 Å². The molecule has 0 aliphatic carbocycles. The Balaban J connectivity index is 1.29. The normalized spacial score (nSPS) is 14.5. The first kappa shape index (κ1) is 17.3. The molecule has 0 spiro atoms. The van der Waals surface area contributed by atoms with Crippen LogP contribution in [0.4, 0.5) is 5.82 Å². The highest BCUT2D eigenvalue weighted by atomic mass is 16.2. The molecular formula is C19H19N9O. The average Bonchev–Trinajstić information content (AvgIpc) is 3.42. The monoisotopic (exact) mass is 389 g/mol. The summed E-state index contributed by atoms with van der Waals surface area (Å²) in [6.07, 6.45) is 4.86. The molecule has 0 atom stereocenters. The zero-order valence-electron chi connectivity index (χ0n) is 15.9. The summed E-state index contributed by atoms with van der Waals surface area (Å²) < 4.78 is 1.73. The number of amides is 1. The van der Waals surface area contributed by atoms with Crippen LogP contribution in [0.15, 0.2) is 49.1 Å². The topological polar surface area (TPSA) is 97.9 Å². The molecular weight excluding hydrogens is 370 g/mol. The van der Waals surface area contributed by atoms with Gasteiger partial charge in [-0.05, 0) is 12.1 Å². The average molecular weight is 389 g/mol. The molecule has 4 aromatic rings. The first-order valence-corrected chi connectivity index (χ1v) is 9.35. The van der Waals surface area contributed by atoms with Crippen molar-refractivity contribution >= 4 is 22.8 Å². The van der Waals surface area contributed by atoms with Gasteiger partial charge in [0, 0.05) is 33.2 Å². The van der Waals surface area contributed by atoms with Gasteiger partial charge in [0.15, 0.2) is 11.3 Å². The van der Waals surface area contributed by atoms with Crippen LogP contribution >= 0.6 is 0 Å². The first-order chi connectivity index (χ1) is 14.2. The molecule has 5 rings (SSSR count). The molecule has 3 aromatic heterocycles. The Hall–Kier alpha value is -3.82. The van der Waals surface area contributed by atoms with Crippen LogP contribution in [0.1, 0.15) is 10.5 Å². The molecule has 146 valence electrons. The lowest BCUT2D eigenvalue weighted by Gasteiger charge is -2.35. The van der Waals surface area contributed by atoms with Gasteiger partial charge in [-0.2, -0.15) is 15.0 Å². The van der Waals surface area contributed by atoms with Crippen molar-refractivity contribution in [3.05, 3.63) is 54.7 Å². The standard InChI is InChI=1S/C19H19N9O/c1-25-17-15(11-22-25)18(21-13-20-17)26-7-9-27(10-8-26)19(29)16-12-23-28(24-16)14-5-3-2-4-6-14/h2-6,11-13H,7-10H2,1H3. The summed E-state index contributed by atoms with van der Waals surface area (Å²) in [4.78, 5) is 27.0. The van der Waals surface area contributed by atoms with Gasteiger partial charge in [0.05, 0.1) is 23.5 Å². The summed E-state index contributed by atoms with van der Waals surface area (Å²) in [6, 6.07) is 9.54. The summed E-state index contributed by atoms with van der Waals surface area (Å²) in [7, 11) is 1.86. The highest BCUT2D eigenvalue weighted by Gasteiger charge is 2.26. The molecule has 1 amide bonds. The lowest BCUT2D eigenvalue weighted by Crippen LogP contribution is -2.49. The number of para-hydroxylation sites is 1. The number of anilines is 1. The van der Waals surface area contributed by atoms with E-state index in [1.807, 2.05) is 37.4 Å². The molecule has 0 unspecified atom stereocenters. The molecule has 29 heavy (non-hydrogen) atoms. The van der Waals surface area contributed by atoms with E-state index in [0.29, 0.717) is 31.9 Å². The quantitative estimate of drug-likeness (QED) is 0.514. The van der Waals surface area contributed by atoms with Crippen LogP contribution in [0.3, 0.4) is 0 Å². The highest BCUT2D eigenvalue weighted by molar-refractivity contribution is 5.92. The van der Waals surface area contributed by atoms with Gasteiger partial charge >= 0.3 is 0 Å². The molecule has 1 fully saturated rings. The van der Waals surface area contributed by atoms with Crippen LogP contribution < -0.4 is 4.90 Å². The maximum Gasteiger partial charge on any atom is 0.276 e. The lowest BCUT2D eigenvalue weighted by molar-refractivity contribution is 0.0740. The number of carbonyl (C=O) groups excluding carboxylic acids is 1. The zero-order valence-corrected chi connectivity index (χ0v) is 15.9. The van der Waals surface area contributed by atoms with Crippen LogP contribution in [0.2, 0.25) is 0 Å². The van der Waals surface area contributed by atoms with E-state index in [9.17, 15) is 4.79 Å². The maximum absolute atomic E-state index is 12.9. The fraction of sp³-hybridized carbons (Fsp3) is 0.263. The molecule has 1 saturated heterocycles. The van der Waals surface area contributed by atoms with Crippen molar-refractivity contribution in [2.24, 2.45) is 7.05 Å². The Morgan fingerprint density at radius 2 is 1.76 bits per heavy atom. The van der Waals surface area contributed by atoms with Crippen molar-refractivity contribution in [1.29, 1.82) is 0 Å². The molecule has 4 heterocycles. The number of hydrogen-bond donors (Lipinski definition) is 0. The number of aryl methyl sites for hydroxylation is 1. The van der Waals surface area contributed by atoms with Gasteiger partial charge in [-0.25, -0.2) is 9.97 Å². The second-order valence-corrected chi connectivity index (χ2v) is 6.84. The fourth-order valence-corrected chi connectivity index (χ4v) is 3.53. The van der Waals surface area contributed by atoms with Crippen LogP contribution in [-0.4, -0.2) is 71.7 Å². The van der Waals surface area contributed by atoms with Gasteiger partial charge in [-0.3, -0.25) is 9.48 Å². The van der Waals surface area contributed by atoms with Crippen LogP contribution in [0.25, 0.3) is 16.7 Å². The van der Waals surface area contributed by atoms with Gasteiger partial charge in [-0.1, -0.05) is 18.2 Å². The third-order valence-electron chi connectivity index (χ3n) is 5.07. The van der Waals surface area contributed by atoms with E-state index >= 15 is 0 Å². The second-order valence-electron chi connectivity index (χ2n) is 6.84. The van der Waals surface area contributed by atoms with E-state index < -0.39 is 0 Å². The number of hydrogen-bond acceptors (Lipinski definition) is 7. The summed E-state index contributed by atoms with van der Waals surface area (Å²) in [5.74, 6) is 0.742. The van der Waals surface area contributed by atoms with E-state index in [1.165, 1.54) is 11.0 Å². The highest BCUT2D eigenvalue weighted by Crippen LogP contribution is 2.23. The molecule has 10 heteroatoms. The molecule has 0 radical (unpaired) electrons. The molecule has 1 aliphatic rings. The van der Waals surface area contributed by atoms with Gasteiger partial charge in [-0.15, -0.1) is 5.10 Å². The lowest BCUT2D eigenvalue weighted by atomic mass is 10.2. The van der Waals surface area contributed by atoms with Gasteiger partial charge in [0.1, 0.15) is 12.1 Å². The van der Waals surface area contributed by atoms with Crippen molar-refractivity contribution in [3.8, 4) is 5.69 Å². The van der Waals surface area contributed by atoms with Crippen LogP contribution in [0, 0.1) is 0 Å². The molecule has 1 aromatic carbocycles. The van der Waals surface area contributed by atoms with E-state index in [1.54, 1.807) is 22.1 Å². The third-order valence-corrected chi connectivity index (χ3v) is 5.07. The number of carbonyl (C=O) groups is 1. The fourth-order valence-electron chi connectivity index (χ4n) is 3.53. The maximum atomic E-state index is 12.9. The number of fused-ring (bicyclic) bond motifs is 1. The predicted molar refractivity (Wildman–Crippen MR) is 106 cm³/mol. The second kappa shape index (κ2) is 6.97. The first-order valence-electron chi connectivity index (χ1n) is 9.35. The predicted octanol–water partition coefficient (Wildman–Crippen LogP) is 0.906. The summed E-state index contributed by atoms with van der Waals surface area (Å²) in [5, 5.41) is 13.8. The SMILES string of the molecule is Cn1ncc2c(N3CCN(C(=O)c4cnn(-c5ccccc5)n4)CC3)ncnc21. The van der Waals surface area contributed by atoms with E-state index in [2.05, 4.69) is 30.2 Å². The van der Waals surface area contributed by atoms with Crippen LogP contribution in [-0.2, 0) is 7.05 Å². The Labute approximate surface area is 166 Å². The largest absolute Gasteiger partial charge is 0.352 e. The Morgan fingerprint density at radius 3 is 2.55 bits per heavy atom. The van der Waals surface area contributed by atoms with Crippen LogP contribution in [0.5, 0.6) is 0 Å². The Kier molecular flexibility index (Phi) is 4.15. The van der Waals surface area contributed by atoms with Crippen molar-refractivity contribution < 1.29 is 4.79 Å². The molecule has 1 aliphatic heterocycles. The third kappa shape index (κ3) is 3.08.